The first kappa shape index (κ1) is 13.0. The Labute approximate surface area is 94.5 Å². The molecule has 1 saturated carbocycles. The van der Waals surface area contributed by atoms with Crippen molar-refractivity contribution in [3.8, 4) is 0 Å². The van der Waals surface area contributed by atoms with Gasteiger partial charge in [0.1, 0.15) is 0 Å². The van der Waals surface area contributed by atoms with E-state index in [4.69, 9.17) is 0 Å². The summed E-state index contributed by atoms with van der Waals surface area (Å²) in [4.78, 5) is 0. The number of rotatable bonds is 5. The number of aliphatic hydroxyl groups is 1. The molecule has 1 aliphatic carbocycles. The van der Waals surface area contributed by atoms with Crippen molar-refractivity contribution in [2.24, 2.45) is 11.8 Å². The normalized spacial score (nSPS) is 29.4. The molecule has 0 bridgehead atoms. The molecule has 3 atom stereocenters. The van der Waals surface area contributed by atoms with Crippen LogP contribution in [0.2, 0.25) is 0 Å². The van der Waals surface area contributed by atoms with E-state index in [0.717, 1.165) is 12.3 Å². The van der Waals surface area contributed by atoms with Crippen molar-refractivity contribution in [1.29, 1.82) is 0 Å². The van der Waals surface area contributed by atoms with E-state index < -0.39 is 0 Å². The van der Waals surface area contributed by atoms with E-state index in [1.54, 1.807) is 0 Å². The molecule has 90 valence electrons. The summed E-state index contributed by atoms with van der Waals surface area (Å²) in [6.45, 7) is 7.05. The van der Waals surface area contributed by atoms with E-state index in [1.807, 2.05) is 0 Å². The minimum atomic E-state index is 0.279. The second kappa shape index (κ2) is 6.49. The van der Waals surface area contributed by atoms with Crippen LogP contribution in [0.15, 0.2) is 0 Å². The zero-order chi connectivity index (χ0) is 11.3. The van der Waals surface area contributed by atoms with Crippen LogP contribution in [-0.4, -0.2) is 23.8 Å². The van der Waals surface area contributed by atoms with Gasteiger partial charge in [0.05, 0.1) is 6.61 Å². The van der Waals surface area contributed by atoms with E-state index >= 15 is 0 Å². The first-order valence-corrected chi connectivity index (χ1v) is 6.50. The van der Waals surface area contributed by atoms with E-state index in [0.29, 0.717) is 18.0 Å². The molecule has 0 heterocycles. The molecule has 0 aromatic carbocycles. The maximum atomic E-state index is 9.33. The van der Waals surface area contributed by atoms with Crippen LogP contribution in [0.4, 0.5) is 0 Å². The Balaban J connectivity index is 2.35. The SMILES string of the molecule is CC(C)C[C@@H](CO)N[C@H]1CCCC[C@H]1C. The fourth-order valence-electron chi connectivity index (χ4n) is 2.63. The molecule has 2 N–H and O–H groups in total. The van der Waals surface area contributed by atoms with Crippen molar-refractivity contribution in [3.05, 3.63) is 0 Å². The summed E-state index contributed by atoms with van der Waals surface area (Å²) in [5, 5.41) is 13.0. The zero-order valence-electron chi connectivity index (χ0n) is 10.5. The van der Waals surface area contributed by atoms with E-state index in [-0.39, 0.29) is 6.61 Å². The predicted octanol–water partition coefficient (Wildman–Crippen LogP) is 2.56. The van der Waals surface area contributed by atoms with Crippen LogP contribution in [0.25, 0.3) is 0 Å². The lowest BCUT2D eigenvalue weighted by atomic mass is 9.85. The summed E-state index contributed by atoms with van der Waals surface area (Å²) in [5.74, 6) is 1.44. The number of hydrogen-bond donors (Lipinski definition) is 2. The highest BCUT2D eigenvalue weighted by atomic mass is 16.3. The fraction of sp³-hybridized carbons (Fsp3) is 1.00. The molecular formula is C13H27NO. The first-order chi connectivity index (χ1) is 7.13. The number of aliphatic hydroxyl groups excluding tert-OH is 1. The van der Waals surface area contributed by atoms with E-state index in [2.05, 4.69) is 26.1 Å². The third kappa shape index (κ3) is 4.52. The lowest BCUT2D eigenvalue weighted by Crippen LogP contribution is -2.45. The van der Waals surface area contributed by atoms with Crippen molar-refractivity contribution in [1.82, 2.24) is 5.32 Å². The lowest BCUT2D eigenvalue weighted by molar-refractivity contribution is 0.181. The summed E-state index contributed by atoms with van der Waals surface area (Å²) in [7, 11) is 0. The summed E-state index contributed by atoms with van der Waals surface area (Å²) in [6, 6.07) is 0.935. The Morgan fingerprint density at radius 2 is 1.93 bits per heavy atom. The summed E-state index contributed by atoms with van der Waals surface area (Å²) in [6.07, 6.45) is 6.45. The molecule has 15 heavy (non-hydrogen) atoms. The highest BCUT2D eigenvalue weighted by molar-refractivity contribution is 4.81. The molecule has 0 aliphatic heterocycles. The number of nitrogens with one attached hydrogen (secondary N) is 1. The Morgan fingerprint density at radius 1 is 1.27 bits per heavy atom. The minimum absolute atomic E-state index is 0.279. The summed E-state index contributed by atoms with van der Waals surface area (Å²) < 4.78 is 0. The molecule has 0 amide bonds. The lowest BCUT2D eigenvalue weighted by Gasteiger charge is -2.33. The van der Waals surface area contributed by atoms with Gasteiger partial charge >= 0.3 is 0 Å². The standard InChI is InChI=1S/C13H27NO/c1-10(2)8-12(9-15)14-13-7-5-4-6-11(13)3/h10-15H,4-9H2,1-3H3/t11-,12+,13+/m1/s1. The maximum Gasteiger partial charge on any atom is 0.0584 e. The molecule has 0 spiro atoms. The summed E-state index contributed by atoms with van der Waals surface area (Å²) >= 11 is 0. The van der Waals surface area contributed by atoms with Crippen LogP contribution in [0.1, 0.15) is 52.9 Å². The van der Waals surface area contributed by atoms with Crippen molar-refractivity contribution in [3.63, 3.8) is 0 Å². The average molecular weight is 213 g/mol. The maximum absolute atomic E-state index is 9.33. The van der Waals surface area contributed by atoms with E-state index in [9.17, 15) is 5.11 Å². The van der Waals surface area contributed by atoms with Crippen molar-refractivity contribution < 1.29 is 5.11 Å². The van der Waals surface area contributed by atoms with Crippen LogP contribution in [0.3, 0.4) is 0 Å². The molecule has 2 nitrogen and oxygen atoms in total. The second-order valence-electron chi connectivity index (χ2n) is 5.54. The highest BCUT2D eigenvalue weighted by Gasteiger charge is 2.23. The quantitative estimate of drug-likeness (QED) is 0.735. The van der Waals surface area contributed by atoms with Crippen LogP contribution < -0.4 is 5.32 Å². The topological polar surface area (TPSA) is 32.3 Å². The van der Waals surface area contributed by atoms with Gasteiger partial charge in [-0.1, -0.05) is 33.6 Å². The number of hydrogen-bond acceptors (Lipinski definition) is 2. The van der Waals surface area contributed by atoms with Gasteiger partial charge < -0.3 is 10.4 Å². The smallest absolute Gasteiger partial charge is 0.0584 e. The van der Waals surface area contributed by atoms with Crippen LogP contribution in [0, 0.1) is 11.8 Å². The highest BCUT2D eigenvalue weighted by Crippen LogP contribution is 2.24. The Kier molecular flexibility index (Phi) is 5.62. The average Bonchev–Trinajstić information content (AvgIpc) is 2.19. The molecule has 2 heteroatoms. The van der Waals surface area contributed by atoms with Crippen molar-refractivity contribution in [2.45, 2.75) is 65.0 Å². The molecular weight excluding hydrogens is 186 g/mol. The molecule has 0 unspecified atom stereocenters. The molecule has 0 aromatic rings. The molecule has 1 rings (SSSR count). The molecule has 0 saturated heterocycles. The summed E-state index contributed by atoms with van der Waals surface area (Å²) in [5.41, 5.74) is 0. The van der Waals surface area contributed by atoms with Gasteiger partial charge in [0, 0.05) is 12.1 Å². The van der Waals surface area contributed by atoms with Gasteiger partial charge in [0.25, 0.3) is 0 Å². The second-order valence-corrected chi connectivity index (χ2v) is 5.54. The molecule has 0 radical (unpaired) electrons. The van der Waals surface area contributed by atoms with Gasteiger partial charge in [-0.3, -0.25) is 0 Å². The van der Waals surface area contributed by atoms with Crippen LogP contribution in [0.5, 0.6) is 0 Å². The van der Waals surface area contributed by atoms with E-state index in [1.165, 1.54) is 25.7 Å². The Bertz CT molecular complexity index is 170. The Morgan fingerprint density at radius 3 is 2.47 bits per heavy atom. The minimum Gasteiger partial charge on any atom is -0.395 e. The largest absolute Gasteiger partial charge is 0.395 e. The van der Waals surface area contributed by atoms with Crippen LogP contribution >= 0.6 is 0 Å². The van der Waals surface area contributed by atoms with Gasteiger partial charge in [-0.05, 0) is 31.1 Å². The third-order valence-electron chi connectivity index (χ3n) is 3.54. The van der Waals surface area contributed by atoms with Gasteiger partial charge in [-0.25, -0.2) is 0 Å². The van der Waals surface area contributed by atoms with Crippen molar-refractivity contribution in [2.75, 3.05) is 6.61 Å². The van der Waals surface area contributed by atoms with Gasteiger partial charge in [0.2, 0.25) is 0 Å². The van der Waals surface area contributed by atoms with Crippen molar-refractivity contribution >= 4 is 0 Å². The van der Waals surface area contributed by atoms with Gasteiger partial charge in [0.15, 0.2) is 0 Å². The van der Waals surface area contributed by atoms with Gasteiger partial charge in [-0.2, -0.15) is 0 Å². The Hall–Kier alpha value is -0.0800. The molecule has 0 aromatic heterocycles. The van der Waals surface area contributed by atoms with Gasteiger partial charge in [-0.15, -0.1) is 0 Å². The molecule has 1 aliphatic rings. The third-order valence-corrected chi connectivity index (χ3v) is 3.54. The molecule has 1 fully saturated rings. The zero-order valence-corrected chi connectivity index (χ0v) is 10.5. The van der Waals surface area contributed by atoms with Crippen LogP contribution in [-0.2, 0) is 0 Å². The fourth-order valence-corrected chi connectivity index (χ4v) is 2.63. The predicted molar refractivity (Wildman–Crippen MR) is 64.9 cm³/mol. The monoisotopic (exact) mass is 213 g/mol. The first-order valence-electron chi connectivity index (χ1n) is 6.50.